The monoisotopic (exact) mass is 211 g/mol. The van der Waals surface area contributed by atoms with Crippen molar-refractivity contribution < 1.29 is 13.5 Å². The zero-order valence-corrected chi connectivity index (χ0v) is 7.92. The van der Waals surface area contributed by atoms with Crippen molar-refractivity contribution in [1.82, 2.24) is 4.98 Å². The molecule has 1 aromatic heterocycles. The number of hydrogen-bond donors (Lipinski definition) is 0. The van der Waals surface area contributed by atoms with Gasteiger partial charge in [-0.15, -0.1) is 0 Å². The van der Waals surface area contributed by atoms with Gasteiger partial charge in [0.2, 0.25) is 0 Å². The van der Waals surface area contributed by atoms with Crippen LogP contribution in [0.4, 0.5) is 8.78 Å². The molecule has 0 spiro atoms. The second-order valence-corrected chi connectivity index (χ2v) is 3.90. The highest BCUT2D eigenvalue weighted by Gasteiger charge is 2.06. The van der Waals surface area contributed by atoms with E-state index in [0.717, 1.165) is 4.34 Å². The lowest BCUT2D eigenvalue weighted by Gasteiger charge is -1.99. The average molecular weight is 211 g/mol. The molecule has 0 fully saturated rings. The molecule has 0 N–H and O–H groups in total. The second-order valence-electron chi connectivity index (χ2n) is 1.85. The lowest BCUT2D eigenvalue weighted by atomic mass is 10.7. The van der Waals surface area contributed by atoms with E-state index in [1.54, 1.807) is 0 Å². The molecular weight excluding hydrogens is 204 g/mol. The van der Waals surface area contributed by atoms with Crippen LogP contribution in [0.1, 0.15) is 0 Å². The number of rotatable bonds is 4. The Bertz CT molecular complexity index is 241. The third-order valence-electron chi connectivity index (χ3n) is 0.989. The smallest absolute Gasteiger partial charge is 0.272 e. The molecular formula is C6H7F2NOS2. The quantitative estimate of drug-likeness (QED) is 0.714. The van der Waals surface area contributed by atoms with Gasteiger partial charge in [0.1, 0.15) is 6.61 Å². The third-order valence-corrected chi connectivity index (χ3v) is 2.90. The Morgan fingerprint density at radius 2 is 2.50 bits per heavy atom. The van der Waals surface area contributed by atoms with Gasteiger partial charge in [0.15, 0.2) is 9.40 Å². The number of hydrogen-bond acceptors (Lipinski definition) is 4. The molecule has 6 heteroatoms. The van der Waals surface area contributed by atoms with Gasteiger partial charge in [0, 0.05) is 0 Å². The van der Waals surface area contributed by atoms with E-state index in [0.29, 0.717) is 5.06 Å². The molecule has 1 rings (SSSR count). The van der Waals surface area contributed by atoms with Crippen LogP contribution in [0.3, 0.4) is 0 Å². The molecule has 1 aromatic rings. The largest absolute Gasteiger partial charge is 0.477 e. The first kappa shape index (κ1) is 9.73. The van der Waals surface area contributed by atoms with Crippen molar-refractivity contribution in [2.75, 3.05) is 12.9 Å². The summed E-state index contributed by atoms with van der Waals surface area (Å²) in [5.74, 6) is 0. The summed E-state index contributed by atoms with van der Waals surface area (Å²) in [6.07, 6.45) is 0.902. The Balaban J connectivity index is 2.41. The van der Waals surface area contributed by atoms with Crippen LogP contribution in [0, 0.1) is 0 Å². The highest BCUT2D eigenvalue weighted by atomic mass is 32.2. The topological polar surface area (TPSA) is 22.1 Å². The number of thioether (sulfide) groups is 1. The number of nitrogens with zero attached hydrogens (tertiary/aromatic N) is 1. The average Bonchev–Trinajstić information content (AvgIpc) is 2.48. The van der Waals surface area contributed by atoms with E-state index in [2.05, 4.69) is 4.98 Å². The number of alkyl halides is 2. The van der Waals surface area contributed by atoms with Crippen LogP contribution >= 0.6 is 23.1 Å². The molecule has 0 aliphatic heterocycles. The summed E-state index contributed by atoms with van der Waals surface area (Å²) in [7, 11) is 0. The maximum Gasteiger partial charge on any atom is 0.272 e. The number of aromatic nitrogens is 1. The first-order chi connectivity index (χ1) is 5.72. The minimum atomic E-state index is -2.43. The van der Waals surface area contributed by atoms with E-state index >= 15 is 0 Å². The van der Waals surface area contributed by atoms with E-state index in [1.165, 1.54) is 29.3 Å². The van der Waals surface area contributed by atoms with Crippen molar-refractivity contribution in [3.8, 4) is 5.06 Å². The molecule has 0 aliphatic carbocycles. The molecule has 0 bridgehead atoms. The predicted octanol–water partition coefficient (Wildman–Crippen LogP) is 2.51. The van der Waals surface area contributed by atoms with Crippen LogP contribution in [0.15, 0.2) is 10.5 Å². The second kappa shape index (κ2) is 4.61. The van der Waals surface area contributed by atoms with Crippen molar-refractivity contribution in [1.29, 1.82) is 0 Å². The van der Waals surface area contributed by atoms with Gasteiger partial charge in [-0.25, -0.2) is 13.8 Å². The van der Waals surface area contributed by atoms with Crippen LogP contribution in [0.2, 0.25) is 0 Å². The Kier molecular flexibility index (Phi) is 3.74. The molecule has 0 unspecified atom stereocenters. The lowest BCUT2D eigenvalue weighted by molar-refractivity contribution is 0.0837. The maximum absolute atomic E-state index is 11.7. The van der Waals surface area contributed by atoms with Crippen molar-refractivity contribution in [2.24, 2.45) is 0 Å². The van der Waals surface area contributed by atoms with E-state index < -0.39 is 13.0 Å². The Morgan fingerprint density at radius 3 is 3.00 bits per heavy atom. The van der Waals surface area contributed by atoms with Crippen LogP contribution < -0.4 is 4.74 Å². The van der Waals surface area contributed by atoms with E-state index in [9.17, 15) is 8.78 Å². The summed E-state index contributed by atoms with van der Waals surface area (Å²) in [4.78, 5) is 3.92. The van der Waals surface area contributed by atoms with E-state index in [1.807, 2.05) is 6.26 Å². The summed E-state index contributed by atoms with van der Waals surface area (Å²) < 4.78 is 28.9. The molecule has 0 saturated carbocycles. The van der Waals surface area contributed by atoms with Crippen LogP contribution in [-0.4, -0.2) is 24.3 Å². The lowest BCUT2D eigenvalue weighted by Crippen LogP contribution is -2.05. The molecule has 2 nitrogen and oxygen atoms in total. The Hall–Kier alpha value is -0.360. The van der Waals surface area contributed by atoms with Crippen molar-refractivity contribution in [3.63, 3.8) is 0 Å². The van der Waals surface area contributed by atoms with Gasteiger partial charge < -0.3 is 4.74 Å². The van der Waals surface area contributed by atoms with Crippen LogP contribution in [-0.2, 0) is 0 Å². The highest BCUT2D eigenvalue weighted by Crippen LogP contribution is 2.27. The van der Waals surface area contributed by atoms with Crippen LogP contribution in [0.25, 0.3) is 0 Å². The summed E-state index contributed by atoms with van der Waals surface area (Å²) >= 11 is 2.73. The maximum atomic E-state index is 11.7. The Labute approximate surface area is 77.0 Å². The summed E-state index contributed by atoms with van der Waals surface area (Å²) in [6, 6.07) is 0. The van der Waals surface area contributed by atoms with Gasteiger partial charge in [-0.3, -0.25) is 0 Å². The summed E-state index contributed by atoms with van der Waals surface area (Å²) in [6.45, 7) is -0.560. The van der Waals surface area contributed by atoms with Gasteiger partial charge in [-0.1, -0.05) is 23.1 Å². The van der Waals surface area contributed by atoms with E-state index in [-0.39, 0.29) is 0 Å². The normalized spacial score (nSPS) is 10.7. The Morgan fingerprint density at radius 1 is 1.75 bits per heavy atom. The zero-order valence-electron chi connectivity index (χ0n) is 6.29. The van der Waals surface area contributed by atoms with Crippen LogP contribution in [0.5, 0.6) is 5.06 Å². The van der Waals surface area contributed by atoms with Crippen molar-refractivity contribution in [2.45, 2.75) is 10.8 Å². The summed E-state index contributed by atoms with van der Waals surface area (Å²) in [5.41, 5.74) is 0. The molecule has 0 aromatic carbocycles. The molecule has 0 atom stereocenters. The standard InChI is InChI=1S/C6H7F2NOS2/c1-11-6-9-2-5(12-6)10-3-4(7)8/h2,4H,3H2,1H3. The van der Waals surface area contributed by atoms with Gasteiger partial charge in [0.05, 0.1) is 6.20 Å². The fraction of sp³-hybridized carbons (Fsp3) is 0.500. The molecule has 0 aliphatic rings. The number of ether oxygens (including phenoxy) is 1. The first-order valence-electron chi connectivity index (χ1n) is 3.13. The molecule has 0 amide bonds. The molecule has 0 saturated heterocycles. The first-order valence-corrected chi connectivity index (χ1v) is 5.17. The predicted molar refractivity (Wildman–Crippen MR) is 45.4 cm³/mol. The van der Waals surface area contributed by atoms with Crippen molar-refractivity contribution in [3.05, 3.63) is 6.20 Å². The summed E-state index contributed by atoms with van der Waals surface area (Å²) in [5, 5.41) is 0.444. The molecule has 12 heavy (non-hydrogen) atoms. The fourth-order valence-electron chi connectivity index (χ4n) is 0.550. The minimum Gasteiger partial charge on any atom is -0.477 e. The zero-order chi connectivity index (χ0) is 8.97. The fourth-order valence-corrected chi connectivity index (χ4v) is 1.80. The van der Waals surface area contributed by atoms with Gasteiger partial charge >= 0.3 is 0 Å². The van der Waals surface area contributed by atoms with E-state index in [4.69, 9.17) is 4.74 Å². The SMILES string of the molecule is CSc1ncc(OCC(F)F)s1. The van der Waals surface area contributed by atoms with Gasteiger partial charge in [0.25, 0.3) is 6.43 Å². The minimum absolute atomic E-state index is 0.444. The molecule has 0 radical (unpaired) electrons. The highest BCUT2D eigenvalue weighted by molar-refractivity contribution is 8.00. The van der Waals surface area contributed by atoms with Gasteiger partial charge in [-0.2, -0.15) is 0 Å². The molecule has 68 valence electrons. The molecule has 1 heterocycles. The number of halogens is 2. The third kappa shape index (κ3) is 2.94. The van der Waals surface area contributed by atoms with Gasteiger partial charge in [-0.05, 0) is 6.26 Å². The van der Waals surface area contributed by atoms with Crippen molar-refractivity contribution >= 4 is 23.1 Å². The number of thiazole rings is 1.